The van der Waals surface area contributed by atoms with E-state index in [-0.39, 0.29) is 5.56 Å². The van der Waals surface area contributed by atoms with Crippen LogP contribution < -0.4 is 5.32 Å². The zero-order valence-corrected chi connectivity index (χ0v) is 14.0. The second kappa shape index (κ2) is 6.45. The molecule has 1 atom stereocenters. The standard InChI is InChI=1S/C17H14ClF3N4/c1-2-4-13-10(7-22)14(11-8-23-25-16(11)24-13)9-5-3-6-12(15(9)18)17(19,20)21/h3,5-6,8,14H,2,4H2,1H3,(H2,23,24,25). The highest BCUT2D eigenvalue weighted by atomic mass is 35.5. The Hall–Kier alpha value is -2.46. The summed E-state index contributed by atoms with van der Waals surface area (Å²) in [4.78, 5) is 0. The number of allylic oxidation sites excluding steroid dienone is 2. The van der Waals surface area contributed by atoms with Crippen molar-refractivity contribution < 1.29 is 13.2 Å². The van der Waals surface area contributed by atoms with Crippen LogP contribution in [0.4, 0.5) is 19.0 Å². The zero-order valence-electron chi connectivity index (χ0n) is 13.2. The van der Waals surface area contributed by atoms with Crippen LogP contribution in [0.5, 0.6) is 0 Å². The fraction of sp³-hybridized carbons (Fsp3) is 0.294. The molecule has 0 radical (unpaired) electrons. The Labute approximate surface area is 147 Å². The average molecular weight is 367 g/mol. The van der Waals surface area contributed by atoms with Gasteiger partial charge in [-0.25, -0.2) is 0 Å². The number of nitrogens with one attached hydrogen (secondary N) is 2. The van der Waals surface area contributed by atoms with E-state index in [1.54, 1.807) is 6.20 Å². The lowest BCUT2D eigenvalue weighted by Gasteiger charge is -2.27. The lowest BCUT2D eigenvalue weighted by Crippen LogP contribution is -2.19. The minimum Gasteiger partial charge on any atom is -0.341 e. The first-order chi connectivity index (χ1) is 11.9. The predicted octanol–water partition coefficient (Wildman–Crippen LogP) is 5.22. The number of benzene rings is 1. The maximum Gasteiger partial charge on any atom is 0.417 e. The second-order valence-corrected chi connectivity index (χ2v) is 6.09. The SMILES string of the molecule is CCCC1=C(C#N)C(c2cccc(C(F)(F)F)c2Cl)c2c[nH]nc2N1. The topological polar surface area (TPSA) is 64.5 Å². The lowest BCUT2D eigenvalue weighted by atomic mass is 9.82. The molecular formula is C17H14ClF3N4. The number of nitriles is 1. The van der Waals surface area contributed by atoms with Crippen molar-refractivity contribution in [2.75, 3.05) is 5.32 Å². The van der Waals surface area contributed by atoms with Crippen LogP contribution in [0.3, 0.4) is 0 Å². The number of nitrogens with zero attached hydrogens (tertiary/aromatic N) is 2. The smallest absolute Gasteiger partial charge is 0.341 e. The summed E-state index contributed by atoms with van der Waals surface area (Å²) in [6.07, 6.45) is -1.63. The quantitative estimate of drug-likeness (QED) is 0.783. The minimum atomic E-state index is -4.57. The average Bonchev–Trinajstić information content (AvgIpc) is 3.01. The molecule has 0 spiro atoms. The van der Waals surface area contributed by atoms with Gasteiger partial charge in [-0.15, -0.1) is 0 Å². The summed E-state index contributed by atoms with van der Waals surface area (Å²) in [5.41, 5.74) is 0.938. The summed E-state index contributed by atoms with van der Waals surface area (Å²) < 4.78 is 39.6. The van der Waals surface area contributed by atoms with Gasteiger partial charge in [-0.2, -0.15) is 23.5 Å². The zero-order chi connectivity index (χ0) is 18.2. The summed E-state index contributed by atoms with van der Waals surface area (Å²) in [5.74, 6) is -0.197. The molecular weight excluding hydrogens is 353 g/mol. The monoisotopic (exact) mass is 366 g/mol. The fourth-order valence-corrected chi connectivity index (χ4v) is 3.40. The van der Waals surface area contributed by atoms with Crippen LogP contribution in [-0.2, 0) is 6.18 Å². The van der Waals surface area contributed by atoms with Crippen molar-refractivity contribution in [1.82, 2.24) is 10.2 Å². The summed E-state index contributed by atoms with van der Waals surface area (Å²) in [6.45, 7) is 1.95. The van der Waals surface area contributed by atoms with E-state index >= 15 is 0 Å². The third kappa shape index (κ3) is 2.98. The Morgan fingerprint density at radius 1 is 1.32 bits per heavy atom. The summed E-state index contributed by atoms with van der Waals surface area (Å²) in [5, 5.41) is 19.1. The Balaban J connectivity index is 2.24. The molecule has 0 amide bonds. The number of aromatic nitrogens is 2. The molecule has 0 saturated carbocycles. The molecule has 4 nitrogen and oxygen atoms in total. The van der Waals surface area contributed by atoms with Gasteiger partial charge in [0, 0.05) is 17.5 Å². The number of alkyl halides is 3. The van der Waals surface area contributed by atoms with E-state index in [2.05, 4.69) is 21.6 Å². The first-order valence-corrected chi connectivity index (χ1v) is 8.05. The highest BCUT2D eigenvalue weighted by molar-refractivity contribution is 6.32. The molecule has 0 saturated heterocycles. The van der Waals surface area contributed by atoms with Crippen molar-refractivity contribution in [2.45, 2.75) is 31.9 Å². The third-order valence-corrected chi connectivity index (χ3v) is 4.55. The molecule has 0 aliphatic carbocycles. The number of halogens is 4. The van der Waals surface area contributed by atoms with Crippen LogP contribution in [0.25, 0.3) is 0 Å². The van der Waals surface area contributed by atoms with E-state index in [9.17, 15) is 18.4 Å². The van der Waals surface area contributed by atoms with Crippen molar-refractivity contribution in [3.05, 3.63) is 57.4 Å². The van der Waals surface area contributed by atoms with E-state index < -0.39 is 22.7 Å². The highest BCUT2D eigenvalue weighted by Gasteiger charge is 2.37. The number of fused-ring (bicyclic) bond motifs is 1. The Bertz CT molecular complexity index is 877. The molecule has 130 valence electrons. The van der Waals surface area contributed by atoms with Gasteiger partial charge in [0.25, 0.3) is 0 Å². The van der Waals surface area contributed by atoms with Gasteiger partial charge in [0.1, 0.15) is 0 Å². The Morgan fingerprint density at radius 2 is 2.08 bits per heavy atom. The van der Waals surface area contributed by atoms with Crippen molar-refractivity contribution in [1.29, 1.82) is 5.26 Å². The Morgan fingerprint density at radius 3 is 2.72 bits per heavy atom. The van der Waals surface area contributed by atoms with Gasteiger partial charge in [0.2, 0.25) is 0 Å². The van der Waals surface area contributed by atoms with Gasteiger partial charge in [-0.3, -0.25) is 5.10 Å². The van der Waals surface area contributed by atoms with Crippen molar-refractivity contribution in [3.63, 3.8) is 0 Å². The van der Waals surface area contributed by atoms with E-state index in [1.807, 2.05) is 6.92 Å². The molecule has 2 heterocycles. The molecule has 0 bridgehead atoms. The number of anilines is 1. The maximum absolute atomic E-state index is 13.2. The van der Waals surface area contributed by atoms with Gasteiger partial charge >= 0.3 is 6.18 Å². The second-order valence-electron chi connectivity index (χ2n) is 5.71. The molecule has 2 aromatic rings. The van der Waals surface area contributed by atoms with E-state index in [4.69, 9.17) is 11.6 Å². The van der Waals surface area contributed by atoms with Crippen LogP contribution >= 0.6 is 11.6 Å². The normalized spacial score (nSPS) is 17.0. The van der Waals surface area contributed by atoms with Crippen LogP contribution in [0.2, 0.25) is 5.02 Å². The molecule has 25 heavy (non-hydrogen) atoms. The maximum atomic E-state index is 13.2. The number of rotatable bonds is 3. The molecule has 8 heteroatoms. The molecule has 2 N–H and O–H groups in total. The molecule has 1 aliphatic heterocycles. The van der Waals surface area contributed by atoms with Crippen molar-refractivity contribution >= 4 is 17.4 Å². The van der Waals surface area contributed by atoms with Crippen molar-refractivity contribution in [3.8, 4) is 6.07 Å². The minimum absolute atomic E-state index is 0.241. The largest absolute Gasteiger partial charge is 0.417 e. The van der Waals surface area contributed by atoms with Gasteiger partial charge in [-0.1, -0.05) is 37.1 Å². The third-order valence-electron chi connectivity index (χ3n) is 4.13. The van der Waals surface area contributed by atoms with Crippen LogP contribution in [-0.4, -0.2) is 10.2 Å². The van der Waals surface area contributed by atoms with Crippen LogP contribution in [0, 0.1) is 11.3 Å². The number of hydrogen-bond donors (Lipinski definition) is 2. The predicted molar refractivity (Wildman–Crippen MR) is 88.1 cm³/mol. The highest BCUT2D eigenvalue weighted by Crippen LogP contribution is 2.46. The summed E-state index contributed by atoms with van der Waals surface area (Å²) in [7, 11) is 0. The summed E-state index contributed by atoms with van der Waals surface area (Å²) in [6, 6.07) is 5.90. The Kier molecular flexibility index (Phi) is 4.48. The van der Waals surface area contributed by atoms with Gasteiger partial charge in [0.15, 0.2) is 5.82 Å². The van der Waals surface area contributed by atoms with E-state index in [0.29, 0.717) is 29.1 Å². The first kappa shape index (κ1) is 17.4. The van der Waals surface area contributed by atoms with E-state index in [1.165, 1.54) is 12.1 Å². The molecule has 1 aromatic heterocycles. The van der Waals surface area contributed by atoms with Gasteiger partial charge in [0.05, 0.1) is 28.1 Å². The molecule has 1 aromatic carbocycles. The van der Waals surface area contributed by atoms with Gasteiger partial charge in [-0.05, 0) is 18.1 Å². The lowest BCUT2D eigenvalue weighted by molar-refractivity contribution is -0.137. The molecule has 1 aliphatic rings. The van der Waals surface area contributed by atoms with Crippen LogP contribution in [0.1, 0.15) is 42.4 Å². The molecule has 1 unspecified atom stereocenters. The summed E-state index contributed by atoms with van der Waals surface area (Å²) >= 11 is 6.10. The van der Waals surface area contributed by atoms with Crippen molar-refractivity contribution in [2.24, 2.45) is 0 Å². The van der Waals surface area contributed by atoms with E-state index in [0.717, 1.165) is 12.5 Å². The van der Waals surface area contributed by atoms with Crippen LogP contribution in [0.15, 0.2) is 35.7 Å². The van der Waals surface area contributed by atoms with Gasteiger partial charge < -0.3 is 5.32 Å². The number of H-pyrrole nitrogens is 1. The molecule has 3 rings (SSSR count). The number of aromatic amines is 1. The fourth-order valence-electron chi connectivity index (χ4n) is 3.05. The number of hydrogen-bond acceptors (Lipinski definition) is 3. The molecule has 0 fully saturated rings. The first-order valence-electron chi connectivity index (χ1n) is 7.67.